The number of nitrogens with one attached hydrogen (secondary N) is 1. The van der Waals surface area contributed by atoms with Gasteiger partial charge in [-0.1, -0.05) is 12.8 Å². The summed E-state index contributed by atoms with van der Waals surface area (Å²) in [5.74, 6) is -1.95. The van der Waals surface area contributed by atoms with E-state index >= 15 is 0 Å². The molecule has 2 rings (SSSR count). The van der Waals surface area contributed by atoms with Crippen LogP contribution in [-0.2, 0) is 9.59 Å². The van der Waals surface area contributed by atoms with Gasteiger partial charge in [0.25, 0.3) is 0 Å². The summed E-state index contributed by atoms with van der Waals surface area (Å²) in [5, 5.41) is 11.9. The number of carboxylic acids is 1. The maximum absolute atomic E-state index is 12.3. The van der Waals surface area contributed by atoms with Crippen LogP contribution < -0.4 is 10.1 Å². The Morgan fingerprint density at radius 2 is 2.05 bits per heavy atom. The zero-order valence-electron chi connectivity index (χ0n) is 11.3. The predicted molar refractivity (Wildman–Crippen MR) is 72.5 cm³/mol. The van der Waals surface area contributed by atoms with E-state index in [2.05, 4.69) is 10.3 Å². The van der Waals surface area contributed by atoms with Crippen LogP contribution in [0.25, 0.3) is 0 Å². The number of amides is 1. The number of rotatable bonds is 4. The average Bonchev–Trinajstić information content (AvgIpc) is 2.47. The van der Waals surface area contributed by atoms with E-state index in [4.69, 9.17) is 4.74 Å². The molecule has 1 aliphatic rings. The summed E-state index contributed by atoms with van der Waals surface area (Å²) < 4.78 is 5.07. The van der Waals surface area contributed by atoms with Gasteiger partial charge < -0.3 is 15.2 Å². The lowest BCUT2D eigenvalue weighted by Gasteiger charge is -2.27. The van der Waals surface area contributed by atoms with Crippen LogP contribution in [0.5, 0.6) is 5.88 Å². The Hall–Kier alpha value is -2.11. The van der Waals surface area contributed by atoms with E-state index in [-0.39, 0.29) is 5.91 Å². The van der Waals surface area contributed by atoms with E-state index in [0.29, 0.717) is 24.4 Å². The fourth-order valence-electron chi connectivity index (χ4n) is 2.61. The van der Waals surface area contributed by atoms with Gasteiger partial charge in [-0.25, -0.2) is 4.98 Å². The van der Waals surface area contributed by atoms with Crippen molar-refractivity contribution in [2.75, 3.05) is 12.4 Å². The highest BCUT2D eigenvalue weighted by atomic mass is 16.5. The van der Waals surface area contributed by atoms with Crippen LogP contribution in [0.1, 0.15) is 25.7 Å². The van der Waals surface area contributed by atoms with Crippen molar-refractivity contribution in [1.29, 1.82) is 0 Å². The molecule has 1 aromatic heterocycles. The van der Waals surface area contributed by atoms with E-state index in [9.17, 15) is 14.7 Å². The SMILES string of the molecule is COc1ncccc1NC(=O)[C@@H]1CCCC[C@@H]1C(=O)O. The third-order valence-electron chi connectivity index (χ3n) is 3.64. The van der Waals surface area contributed by atoms with Gasteiger partial charge in [0.05, 0.1) is 18.9 Å². The highest BCUT2D eigenvalue weighted by molar-refractivity contribution is 5.96. The number of ether oxygens (including phenoxy) is 1. The zero-order chi connectivity index (χ0) is 14.5. The second-order valence-electron chi connectivity index (χ2n) is 4.89. The number of carbonyl (C=O) groups excluding carboxylic acids is 1. The van der Waals surface area contributed by atoms with E-state index in [1.807, 2.05) is 0 Å². The fraction of sp³-hybridized carbons (Fsp3) is 0.500. The maximum Gasteiger partial charge on any atom is 0.307 e. The molecule has 0 radical (unpaired) electrons. The van der Waals surface area contributed by atoms with Crippen LogP contribution in [0.2, 0.25) is 0 Å². The van der Waals surface area contributed by atoms with Crippen LogP contribution in [0, 0.1) is 11.8 Å². The van der Waals surface area contributed by atoms with Gasteiger partial charge in [-0.05, 0) is 25.0 Å². The van der Waals surface area contributed by atoms with Crippen LogP contribution in [0.4, 0.5) is 5.69 Å². The number of hydrogen-bond donors (Lipinski definition) is 2. The Morgan fingerprint density at radius 3 is 2.70 bits per heavy atom. The molecule has 108 valence electrons. The minimum Gasteiger partial charge on any atom is -0.481 e. The van der Waals surface area contributed by atoms with Crippen LogP contribution in [0.15, 0.2) is 18.3 Å². The third kappa shape index (κ3) is 3.07. The first-order chi connectivity index (χ1) is 9.63. The number of carbonyl (C=O) groups is 2. The number of methoxy groups -OCH3 is 1. The Bertz CT molecular complexity index is 504. The van der Waals surface area contributed by atoms with Crippen molar-refractivity contribution < 1.29 is 19.4 Å². The minimum absolute atomic E-state index is 0.275. The molecule has 0 unspecified atom stereocenters. The smallest absolute Gasteiger partial charge is 0.307 e. The monoisotopic (exact) mass is 278 g/mol. The van der Waals surface area contributed by atoms with Crippen molar-refractivity contribution in [3.63, 3.8) is 0 Å². The first-order valence-corrected chi connectivity index (χ1v) is 6.66. The minimum atomic E-state index is -0.900. The molecule has 0 aromatic carbocycles. The van der Waals surface area contributed by atoms with Gasteiger partial charge in [-0.15, -0.1) is 0 Å². The largest absolute Gasteiger partial charge is 0.481 e. The molecule has 1 aliphatic carbocycles. The molecule has 1 heterocycles. The van der Waals surface area contributed by atoms with E-state index in [0.717, 1.165) is 12.8 Å². The Morgan fingerprint density at radius 1 is 1.35 bits per heavy atom. The Labute approximate surface area is 117 Å². The Balaban J connectivity index is 2.12. The number of pyridine rings is 1. The number of aromatic nitrogens is 1. The van der Waals surface area contributed by atoms with Gasteiger partial charge in [-0.3, -0.25) is 9.59 Å². The molecule has 1 aromatic rings. The molecule has 0 bridgehead atoms. The molecule has 0 aliphatic heterocycles. The standard InChI is InChI=1S/C14H18N2O4/c1-20-13-11(7-4-8-15-13)16-12(17)9-5-2-3-6-10(9)14(18)19/h4,7-10H,2-3,5-6H2,1H3,(H,16,17)(H,18,19)/t9-,10+/m1/s1. The van der Waals surface area contributed by atoms with E-state index in [1.54, 1.807) is 18.3 Å². The summed E-state index contributed by atoms with van der Waals surface area (Å²) in [5.41, 5.74) is 0.467. The van der Waals surface area contributed by atoms with Gasteiger partial charge in [0, 0.05) is 6.20 Å². The van der Waals surface area contributed by atoms with Crippen molar-refractivity contribution >= 4 is 17.6 Å². The quantitative estimate of drug-likeness (QED) is 0.878. The van der Waals surface area contributed by atoms with E-state index in [1.165, 1.54) is 7.11 Å². The molecule has 0 spiro atoms. The molecule has 2 atom stereocenters. The van der Waals surface area contributed by atoms with Crippen LogP contribution >= 0.6 is 0 Å². The highest BCUT2D eigenvalue weighted by Gasteiger charge is 2.35. The summed E-state index contributed by atoms with van der Waals surface area (Å²) in [6, 6.07) is 3.37. The lowest BCUT2D eigenvalue weighted by molar-refractivity contribution is -0.147. The van der Waals surface area contributed by atoms with Gasteiger partial charge in [0.2, 0.25) is 11.8 Å². The second kappa shape index (κ2) is 6.36. The first kappa shape index (κ1) is 14.3. The van der Waals surface area contributed by atoms with Gasteiger partial charge in [0.1, 0.15) is 5.69 Å². The molecule has 1 amide bonds. The predicted octanol–water partition coefficient (Wildman–Crippen LogP) is 1.92. The number of hydrogen-bond acceptors (Lipinski definition) is 4. The third-order valence-corrected chi connectivity index (χ3v) is 3.64. The molecule has 20 heavy (non-hydrogen) atoms. The van der Waals surface area contributed by atoms with Crippen molar-refractivity contribution in [3.05, 3.63) is 18.3 Å². The van der Waals surface area contributed by atoms with Crippen molar-refractivity contribution in [3.8, 4) is 5.88 Å². The highest BCUT2D eigenvalue weighted by Crippen LogP contribution is 2.32. The number of nitrogens with zero attached hydrogens (tertiary/aromatic N) is 1. The summed E-state index contributed by atoms with van der Waals surface area (Å²) in [6.07, 6.45) is 4.46. The summed E-state index contributed by atoms with van der Waals surface area (Å²) in [7, 11) is 1.47. The lowest BCUT2D eigenvalue weighted by Crippen LogP contribution is -2.36. The van der Waals surface area contributed by atoms with Crippen molar-refractivity contribution in [2.45, 2.75) is 25.7 Å². The first-order valence-electron chi connectivity index (χ1n) is 6.66. The molecule has 6 nitrogen and oxygen atoms in total. The second-order valence-corrected chi connectivity index (χ2v) is 4.89. The van der Waals surface area contributed by atoms with Gasteiger partial charge >= 0.3 is 5.97 Å². The summed E-state index contributed by atoms with van der Waals surface area (Å²) in [6.45, 7) is 0. The molecule has 0 saturated heterocycles. The molecular formula is C14H18N2O4. The molecule has 1 saturated carbocycles. The Kier molecular flexibility index (Phi) is 4.55. The number of anilines is 1. The fourth-order valence-corrected chi connectivity index (χ4v) is 2.61. The lowest BCUT2D eigenvalue weighted by atomic mass is 9.78. The maximum atomic E-state index is 12.3. The average molecular weight is 278 g/mol. The van der Waals surface area contributed by atoms with Crippen LogP contribution in [0.3, 0.4) is 0 Å². The van der Waals surface area contributed by atoms with Gasteiger partial charge in [-0.2, -0.15) is 0 Å². The van der Waals surface area contributed by atoms with Crippen molar-refractivity contribution in [2.24, 2.45) is 11.8 Å². The zero-order valence-corrected chi connectivity index (χ0v) is 11.3. The number of carboxylic acid groups (broad SMARTS) is 1. The molecule has 6 heteroatoms. The van der Waals surface area contributed by atoms with Gasteiger partial charge in [0.15, 0.2) is 0 Å². The summed E-state index contributed by atoms with van der Waals surface area (Å²) >= 11 is 0. The molecule has 1 fully saturated rings. The van der Waals surface area contributed by atoms with Crippen LogP contribution in [-0.4, -0.2) is 29.1 Å². The number of aliphatic carboxylic acids is 1. The normalized spacial score (nSPS) is 22.1. The van der Waals surface area contributed by atoms with Crippen molar-refractivity contribution in [1.82, 2.24) is 4.98 Å². The molecular weight excluding hydrogens is 260 g/mol. The van der Waals surface area contributed by atoms with E-state index < -0.39 is 17.8 Å². The molecule has 2 N–H and O–H groups in total. The topological polar surface area (TPSA) is 88.5 Å². The summed E-state index contributed by atoms with van der Waals surface area (Å²) in [4.78, 5) is 27.5.